The molecule has 0 radical (unpaired) electrons. The number of hydrogen-bond donors (Lipinski definition) is 2. The van der Waals surface area contributed by atoms with Gasteiger partial charge in [0.25, 0.3) is 0 Å². The minimum Gasteiger partial charge on any atom is -0.396 e. The average molecular weight is 256 g/mol. The maximum atomic E-state index is 13.0. The Bertz CT molecular complexity index is 654. The van der Waals surface area contributed by atoms with Crippen LogP contribution in [0.25, 0.3) is 0 Å². The van der Waals surface area contributed by atoms with Gasteiger partial charge in [0.1, 0.15) is 5.82 Å². The highest BCUT2D eigenvalue weighted by molar-refractivity contribution is 5.98. The standard InChI is InChI=1S/C15H13FN2O/c16-13-6-5-10(8-14(13)17)18-15(19)12-7-9-3-1-2-4-11(9)12/h1-6,8,12H,7,17H2,(H,18,19). The van der Waals surface area contributed by atoms with Gasteiger partial charge in [-0.25, -0.2) is 4.39 Å². The number of halogens is 1. The lowest BCUT2D eigenvalue weighted by atomic mass is 9.77. The van der Waals surface area contributed by atoms with Crippen molar-refractivity contribution < 1.29 is 9.18 Å². The zero-order valence-electron chi connectivity index (χ0n) is 10.2. The molecule has 19 heavy (non-hydrogen) atoms. The first-order chi connectivity index (χ1) is 9.15. The van der Waals surface area contributed by atoms with Gasteiger partial charge in [-0.2, -0.15) is 0 Å². The second kappa shape index (κ2) is 4.39. The van der Waals surface area contributed by atoms with Crippen LogP contribution in [-0.2, 0) is 11.2 Å². The fourth-order valence-corrected chi connectivity index (χ4v) is 2.34. The van der Waals surface area contributed by atoms with E-state index in [9.17, 15) is 9.18 Å². The number of fused-ring (bicyclic) bond motifs is 1. The summed E-state index contributed by atoms with van der Waals surface area (Å²) in [6.07, 6.45) is 0.749. The molecule has 96 valence electrons. The number of nitrogens with two attached hydrogens (primary N) is 1. The van der Waals surface area contributed by atoms with E-state index in [2.05, 4.69) is 5.32 Å². The Labute approximate surface area is 110 Å². The van der Waals surface area contributed by atoms with Crippen LogP contribution in [-0.4, -0.2) is 5.91 Å². The number of benzene rings is 2. The largest absolute Gasteiger partial charge is 0.396 e. The average Bonchev–Trinajstić information content (AvgIpc) is 2.35. The molecule has 0 spiro atoms. The van der Waals surface area contributed by atoms with Crippen molar-refractivity contribution in [2.45, 2.75) is 12.3 Å². The minimum atomic E-state index is -0.480. The van der Waals surface area contributed by atoms with Crippen molar-refractivity contribution in [3.05, 3.63) is 59.4 Å². The quantitative estimate of drug-likeness (QED) is 0.812. The van der Waals surface area contributed by atoms with Crippen LogP contribution in [0.5, 0.6) is 0 Å². The molecule has 1 unspecified atom stereocenters. The first kappa shape index (κ1) is 11.7. The zero-order chi connectivity index (χ0) is 13.4. The van der Waals surface area contributed by atoms with E-state index < -0.39 is 5.82 Å². The third-order valence-corrected chi connectivity index (χ3v) is 3.43. The molecule has 0 saturated heterocycles. The highest BCUT2D eigenvalue weighted by atomic mass is 19.1. The van der Waals surface area contributed by atoms with Crippen molar-refractivity contribution in [3.63, 3.8) is 0 Å². The van der Waals surface area contributed by atoms with Gasteiger partial charge in [0.2, 0.25) is 5.91 Å². The summed E-state index contributed by atoms with van der Waals surface area (Å²) in [5.74, 6) is -0.681. The number of nitrogens with one attached hydrogen (secondary N) is 1. The molecule has 0 saturated carbocycles. The van der Waals surface area contributed by atoms with Crippen LogP contribution >= 0.6 is 0 Å². The summed E-state index contributed by atoms with van der Waals surface area (Å²) >= 11 is 0. The SMILES string of the molecule is Nc1cc(NC(=O)C2Cc3ccccc32)ccc1F. The zero-order valence-corrected chi connectivity index (χ0v) is 10.2. The van der Waals surface area contributed by atoms with Crippen molar-refractivity contribution in [1.82, 2.24) is 0 Å². The monoisotopic (exact) mass is 256 g/mol. The van der Waals surface area contributed by atoms with E-state index in [1.807, 2.05) is 24.3 Å². The van der Waals surface area contributed by atoms with Gasteiger partial charge in [0, 0.05) is 5.69 Å². The summed E-state index contributed by atoms with van der Waals surface area (Å²) in [4.78, 5) is 12.1. The molecule has 0 heterocycles. The Morgan fingerprint density at radius 1 is 1.26 bits per heavy atom. The molecule has 3 N–H and O–H groups in total. The van der Waals surface area contributed by atoms with E-state index in [0.717, 1.165) is 12.0 Å². The van der Waals surface area contributed by atoms with Gasteiger partial charge in [-0.3, -0.25) is 4.79 Å². The molecule has 2 aromatic carbocycles. The maximum absolute atomic E-state index is 13.0. The highest BCUT2D eigenvalue weighted by Crippen LogP contribution is 2.35. The first-order valence-corrected chi connectivity index (χ1v) is 6.09. The van der Waals surface area contributed by atoms with Crippen molar-refractivity contribution >= 4 is 17.3 Å². The fraction of sp³-hybridized carbons (Fsp3) is 0.133. The summed E-state index contributed by atoms with van der Waals surface area (Å²) < 4.78 is 13.0. The van der Waals surface area contributed by atoms with Crippen molar-refractivity contribution in [3.8, 4) is 0 Å². The van der Waals surface area contributed by atoms with Gasteiger partial charge in [-0.05, 0) is 35.7 Å². The molecule has 0 aromatic heterocycles. The van der Waals surface area contributed by atoms with E-state index in [-0.39, 0.29) is 17.5 Å². The predicted molar refractivity (Wildman–Crippen MR) is 72.3 cm³/mol. The fourth-order valence-electron chi connectivity index (χ4n) is 2.34. The lowest BCUT2D eigenvalue weighted by molar-refractivity contribution is -0.118. The highest BCUT2D eigenvalue weighted by Gasteiger charge is 2.31. The molecule has 0 bridgehead atoms. The third-order valence-electron chi connectivity index (χ3n) is 3.43. The van der Waals surface area contributed by atoms with Crippen LogP contribution in [0.3, 0.4) is 0 Å². The topological polar surface area (TPSA) is 55.1 Å². The Hall–Kier alpha value is -2.36. The van der Waals surface area contributed by atoms with E-state index in [0.29, 0.717) is 5.69 Å². The predicted octanol–water partition coefficient (Wildman–Crippen LogP) is 2.69. The Morgan fingerprint density at radius 3 is 2.79 bits per heavy atom. The van der Waals surface area contributed by atoms with Gasteiger partial charge in [-0.15, -0.1) is 0 Å². The molecule has 2 aromatic rings. The van der Waals surface area contributed by atoms with Gasteiger partial charge in [-0.1, -0.05) is 24.3 Å². The Morgan fingerprint density at radius 2 is 2.05 bits per heavy atom. The number of carbonyl (C=O) groups excluding carboxylic acids is 1. The van der Waals surface area contributed by atoms with E-state index in [1.54, 1.807) is 0 Å². The molecule has 1 amide bonds. The molecular weight excluding hydrogens is 243 g/mol. The van der Waals surface area contributed by atoms with E-state index >= 15 is 0 Å². The Balaban J connectivity index is 1.75. The summed E-state index contributed by atoms with van der Waals surface area (Å²) in [5, 5.41) is 2.77. The van der Waals surface area contributed by atoms with Gasteiger partial charge >= 0.3 is 0 Å². The third kappa shape index (κ3) is 2.05. The number of carbonyl (C=O) groups is 1. The van der Waals surface area contributed by atoms with Gasteiger partial charge < -0.3 is 11.1 Å². The number of rotatable bonds is 2. The van der Waals surface area contributed by atoms with Crippen LogP contribution in [0.2, 0.25) is 0 Å². The summed E-state index contributed by atoms with van der Waals surface area (Å²) in [5.41, 5.74) is 8.30. The molecule has 1 aliphatic carbocycles. The molecular formula is C15H13FN2O. The second-order valence-corrected chi connectivity index (χ2v) is 4.68. The summed E-state index contributed by atoms with van der Waals surface area (Å²) in [6, 6.07) is 12.1. The Kier molecular flexibility index (Phi) is 2.71. The van der Waals surface area contributed by atoms with Gasteiger partial charge in [0.05, 0.1) is 11.6 Å². The maximum Gasteiger partial charge on any atom is 0.232 e. The smallest absolute Gasteiger partial charge is 0.232 e. The van der Waals surface area contributed by atoms with Crippen molar-refractivity contribution in [2.24, 2.45) is 0 Å². The molecule has 3 rings (SSSR count). The van der Waals surface area contributed by atoms with Crippen LogP contribution < -0.4 is 11.1 Å². The molecule has 3 nitrogen and oxygen atoms in total. The van der Waals surface area contributed by atoms with Crippen LogP contribution in [0, 0.1) is 5.82 Å². The number of nitrogen functional groups attached to an aromatic ring is 1. The lowest BCUT2D eigenvalue weighted by Crippen LogP contribution is -2.30. The second-order valence-electron chi connectivity index (χ2n) is 4.68. The number of anilines is 2. The lowest BCUT2D eigenvalue weighted by Gasteiger charge is -2.28. The summed E-state index contributed by atoms with van der Waals surface area (Å²) in [7, 11) is 0. The first-order valence-electron chi connectivity index (χ1n) is 6.09. The van der Waals surface area contributed by atoms with Crippen molar-refractivity contribution in [2.75, 3.05) is 11.1 Å². The van der Waals surface area contributed by atoms with E-state index in [1.165, 1.54) is 23.8 Å². The minimum absolute atomic E-state index is 0.0341. The normalized spacial score (nSPS) is 16.4. The molecule has 0 fully saturated rings. The molecule has 1 atom stereocenters. The molecule has 0 aliphatic heterocycles. The number of amides is 1. The van der Waals surface area contributed by atoms with Crippen LogP contribution in [0.15, 0.2) is 42.5 Å². The van der Waals surface area contributed by atoms with Crippen molar-refractivity contribution in [1.29, 1.82) is 0 Å². The van der Waals surface area contributed by atoms with Gasteiger partial charge in [0.15, 0.2) is 0 Å². The summed E-state index contributed by atoms with van der Waals surface area (Å²) in [6.45, 7) is 0. The molecule has 1 aliphatic rings. The number of hydrogen-bond acceptors (Lipinski definition) is 2. The van der Waals surface area contributed by atoms with E-state index in [4.69, 9.17) is 5.73 Å². The van der Waals surface area contributed by atoms with Crippen LogP contribution in [0.4, 0.5) is 15.8 Å². The van der Waals surface area contributed by atoms with Crippen LogP contribution in [0.1, 0.15) is 17.0 Å². The molecule has 4 heteroatoms.